The van der Waals surface area contributed by atoms with E-state index in [1.54, 1.807) is 6.07 Å². The third-order valence-corrected chi connectivity index (χ3v) is 2.29. The second-order valence-electron chi connectivity index (χ2n) is 3.03. The highest BCUT2D eigenvalue weighted by atomic mass is 35.5. The molecule has 0 spiro atoms. The number of nitrogens with one attached hydrogen (secondary N) is 2. The van der Waals surface area contributed by atoms with E-state index in [4.69, 9.17) is 17.4 Å². The van der Waals surface area contributed by atoms with Gasteiger partial charge in [-0.1, -0.05) is 23.7 Å². The molecule has 0 amide bonds. The molecule has 0 saturated heterocycles. The first-order chi connectivity index (χ1) is 7.31. The fraction of sp³-hybridized carbons (Fsp3) is 0.111. The number of nitrogens with two attached hydrogens (primary N) is 1. The molecule has 0 radical (unpaired) electrons. The minimum absolute atomic E-state index is 0.230. The molecule has 2 aromatic rings. The molecule has 0 fully saturated rings. The van der Waals surface area contributed by atoms with E-state index in [2.05, 4.69) is 20.6 Å². The number of hydrogen-bond donors (Lipinski definition) is 3. The molecule has 1 aromatic heterocycles. The smallest absolute Gasteiger partial charge is 0.147 e. The first-order valence-electron chi connectivity index (χ1n) is 4.38. The quantitative estimate of drug-likeness (QED) is 0.536. The second kappa shape index (κ2) is 4.39. The normalized spacial score (nSPS) is 12.7. The first-order valence-corrected chi connectivity index (χ1v) is 4.76. The van der Waals surface area contributed by atoms with E-state index in [1.807, 2.05) is 18.2 Å². The molecule has 6 heteroatoms. The Kier molecular flexibility index (Phi) is 2.96. The molecule has 5 nitrogen and oxygen atoms in total. The highest BCUT2D eigenvalue weighted by Gasteiger charge is 2.14. The molecular weight excluding hydrogens is 214 g/mol. The van der Waals surface area contributed by atoms with E-state index < -0.39 is 0 Å². The van der Waals surface area contributed by atoms with Crippen molar-refractivity contribution in [2.75, 3.05) is 0 Å². The molecule has 0 saturated carbocycles. The zero-order chi connectivity index (χ0) is 10.7. The fourth-order valence-electron chi connectivity index (χ4n) is 1.37. The summed E-state index contributed by atoms with van der Waals surface area (Å²) in [5, 5.41) is 7.19. The summed E-state index contributed by atoms with van der Waals surface area (Å²) in [6.45, 7) is 0. The van der Waals surface area contributed by atoms with Gasteiger partial charge in [-0.05, 0) is 17.7 Å². The van der Waals surface area contributed by atoms with Gasteiger partial charge in [0.2, 0.25) is 0 Å². The van der Waals surface area contributed by atoms with Crippen molar-refractivity contribution < 1.29 is 0 Å². The molecule has 0 aliphatic heterocycles. The lowest BCUT2D eigenvalue weighted by molar-refractivity contribution is 0.604. The summed E-state index contributed by atoms with van der Waals surface area (Å²) in [4.78, 5) is 4.04. The third kappa shape index (κ3) is 2.15. The van der Waals surface area contributed by atoms with Crippen LogP contribution in [-0.4, -0.2) is 15.2 Å². The van der Waals surface area contributed by atoms with Gasteiger partial charge in [0.25, 0.3) is 0 Å². The number of hydrazine groups is 1. The average Bonchev–Trinajstić information content (AvgIpc) is 2.72. The minimum atomic E-state index is -0.230. The molecule has 4 N–H and O–H groups in total. The van der Waals surface area contributed by atoms with Gasteiger partial charge < -0.3 is 0 Å². The number of benzene rings is 1. The molecule has 1 aromatic carbocycles. The summed E-state index contributed by atoms with van der Waals surface area (Å²) in [5.41, 5.74) is 3.59. The lowest BCUT2D eigenvalue weighted by Crippen LogP contribution is -2.29. The Morgan fingerprint density at radius 2 is 2.33 bits per heavy atom. The van der Waals surface area contributed by atoms with Crippen LogP contribution in [0.3, 0.4) is 0 Å². The van der Waals surface area contributed by atoms with Crippen molar-refractivity contribution in [3.8, 4) is 0 Å². The van der Waals surface area contributed by atoms with Crippen LogP contribution in [0.4, 0.5) is 0 Å². The van der Waals surface area contributed by atoms with Crippen molar-refractivity contribution in [3.63, 3.8) is 0 Å². The maximum absolute atomic E-state index is 5.89. The van der Waals surface area contributed by atoms with E-state index >= 15 is 0 Å². The summed E-state index contributed by atoms with van der Waals surface area (Å²) >= 11 is 5.89. The molecule has 1 unspecified atom stereocenters. The van der Waals surface area contributed by atoms with E-state index in [0.717, 1.165) is 5.56 Å². The van der Waals surface area contributed by atoms with Crippen LogP contribution in [0.2, 0.25) is 5.02 Å². The zero-order valence-electron chi connectivity index (χ0n) is 7.81. The third-order valence-electron chi connectivity index (χ3n) is 2.06. The average molecular weight is 224 g/mol. The first kappa shape index (κ1) is 10.1. The summed E-state index contributed by atoms with van der Waals surface area (Å²) in [5.74, 6) is 6.12. The molecule has 2 rings (SSSR count). The highest BCUT2D eigenvalue weighted by molar-refractivity contribution is 6.30. The number of nitrogens with zero attached hydrogens (tertiary/aromatic N) is 2. The van der Waals surface area contributed by atoms with Gasteiger partial charge in [-0.15, -0.1) is 0 Å². The Morgan fingerprint density at radius 3 is 2.93 bits per heavy atom. The lowest BCUT2D eigenvalue weighted by atomic mass is 10.1. The maximum Gasteiger partial charge on any atom is 0.147 e. The molecule has 15 heavy (non-hydrogen) atoms. The fourth-order valence-corrected chi connectivity index (χ4v) is 1.57. The molecular formula is C9H10ClN5. The standard InChI is InChI=1S/C9H10ClN5/c10-7-3-1-2-6(4-7)8(14-11)9-12-5-13-15-9/h1-5,8,14H,11H2,(H,12,13,15). The van der Waals surface area contributed by atoms with Gasteiger partial charge in [0.1, 0.15) is 18.2 Å². The molecule has 0 aliphatic rings. The minimum Gasteiger partial charge on any atom is -0.270 e. The van der Waals surface area contributed by atoms with Gasteiger partial charge >= 0.3 is 0 Å². The largest absolute Gasteiger partial charge is 0.270 e. The van der Waals surface area contributed by atoms with Crippen LogP contribution in [0.15, 0.2) is 30.6 Å². The number of aromatic nitrogens is 3. The van der Waals surface area contributed by atoms with E-state index in [0.29, 0.717) is 10.8 Å². The highest BCUT2D eigenvalue weighted by Crippen LogP contribution is 2.20. The Balaban J connectivity index is 2.35. The van der Waals surface area contributed by atoms with Gasteiger partial charge in [-0.2, -0.15) is 5.10 Å². The van der Waals surface area contributed by atoms with Gasteiger partial charge in [0.05, 0.1) is 0 Å². The predicted molar refractivity (Wildman–Crippen MR) is 57.0 cm³/mol. The summed E-state index contributed by atoms with van der Waals surface area (Å²) in [7, 11) is 0. The number of rotatable bonds is 3. The Labute approximate surface area is 91.6 Å². The molecule has 0 aliphatic carbocycles. The van der Waals surface area contributed by atoms with Crippen LogP contribution in [0.5, 0.6) is 0 Å². The van der Waals surface area contributed by atoms with Crippen molar-refractivity contribution in [1.82, 2.24) is 20.6 Å². The number of aromatic amines is 1. The molecule has 1 atom stereocenters. The van der Waals surface area contributed by atoms with E-state index in [-0.39, 0.29) is 6.04 Å². The Morgan fingerprint density at radius 1 is 1.47 bits per heavy atom. The van der Waals surface area contributed by atoms with E-state index in [1.165, 1.54) is 6.33 Å². The monoisotopic (exact) mass is 223 g/mol. The lowest BCUT2D eigenvalue weighted by Gasteiger charge is -2.13. The SMILES string of the molecule is NNC(c1cccc(Cl)c1)c1ncn[nH]1. The van der Waals surface area contributed by atoms with Gasteiger partial charge in [-0.25, -0.2) is 10.4 Å². The van der Waals surface area contributed by atoms with Crippen molar-refractivity contribution in [1.29, 1.82) is 0 Å². The van der Waals surface area contributed by atoms with Crippen LogP contribution in [-0.2, 0) is 0 Å². The number of halogens is 1. The summed E-state index contributed by atoms with van der Waals surface area (Å²) in [6.07, 6.45) is 1.43. The number of H-pyrrole nitrogens is 1. The van der Waals surface area contributed by atoms with Crippen molar-refractivity contribution in [2.45, 2.75) is 6.04 Å². The van der Waals surface area contributed by atoms with Crippen molar-refractivity contribution >= 4 is 11.6 Å². The topological polar surface area (TPSA) is 79.6 Å². The van der Waals surface area contributed by atoms with Gasteiger partial charge in [0, 0.05) is 5.02 Å². The van der Waals surface area contributed by atoms with Crippen molar-refractivity contribution in [3.05, 3.63) is 47.0 Å². The van der Waals surface area contributed by atoms with Gasteiger partial charge in [0.15, 0.2) is 0 Å². The van der Waals surface area contributed by atoms with Crippen LogP contribution in [0.1, 0.15) is 17.4 Å². The van der Waals surface area contributed by atoms with Crippen LogP contribution in [0.25, 0.3) is 0 Å². The van der Waals surface area contributed by atoms with E-state index in [9.17, 15) is 0 Å². The molecule has 78 valence electrons. The van der Waals surface area contributed by atoms with Crippen LogP contribution < -0.4 is 11.3 Å². The summed E-state index contributed by atoms with van der Waals surface area (Å²) < 4.78 is 0. The Hall–Kier alpha value is -1.43. The zero-order valence-corrected chi connectivity index (χ0v) is 8.57. The predicted octanol–water partition coefficient (Wildman–Crippen LogP) is 1.01. The second-order valence-corrected chi connectivity index (χ2v) is 3.46. The molecule has 1 heterocycles. The van der Waals surface area contributed by atoms with Gasteiger partial charge in [-0.3, -0.25) is 10.9 Å². The Bertz CT molecular complexity index is 428. The van der Waals surface area contributed by atoms with Crippen molar-refractivity contribution in [2.24, 2.45) is 5.84 Å². The molecule has 0 bridgehead atoms. The maximum atomic E-state index is 5.89. The van der Waals surface area contributed by atoms with Crippen LogP contribution in [0, 0.1) is 0 Å². The number of hydrogen-bond acceptors (Lipinski definition) is 4. The van der Waals surface area contributed by atoms with Crippen LogP contribution >= 0.6 is 11.6 Å². The summed E-state index contributed by atoms with van der Waals surface area (Å²) in [6, 6.07) is 7.18.